The Balaban J connectivity index is 1.59. The lowest BCUT2D eigenvalue weighted by Crippen LogP contribution is -2.76. The molecule has 2 aromatic carbocycles. The summed E-state index contributed by atoms with van der Waals surface area (Å²) in [6.45, 7) is 4.91. The maximum Gasteiger partial charge on any atom is 0.334 e. The number of rotatable bonds is 8. The first-order chi connectivity index (χ1) is 18.3. The molecule has 2 saturated heterocycles. The number of carbonyl (C=O) groups is 3. The predicted octanol–water partition coefficient (Wildman–Crippen LogP) is 2.69. The summed E-state index contributed by atoms with van der Waals surface area (Å²) < 4.78 is 10.5. The second-order valence-corrected chi connectivity index (χ2v) is 9.85. The highest BCUT2D eigenvalue weighted by Crippen LogP contribution is 2.31. The number of urea groups is 1. The first-order valence-electron chi connectivity index (χ1n) is 12.9. The largest absolute Gasteiger partial charge is 0.497 e. The number of carbonyl (C=O) groups excluding carboxylic acids is 3. The van der Waals surface area contributed by atoms with Gasteiger partial charge >= 0.3 is 6.03 Å². The minimum atomic E-state index is -0.643. The molecule has 2 heterocycles. The van der Waals surface area contributed by atoms with Gasteiger partial charge in [-0.25, -0.2) is 14.8 Å². The van der Waals surface area contributed by atoms with Gasteiger partial charge in [-0.1, -0.05) is 44.5 Å². The van der Waals surface area contributed by atoms with Crippen molar-refractivity contribution in [1.82, 2.24) is 25.1 Å². The van der Waals surface area contributed by atoms with Gasteiger partial charge in [0.1, 0.15) is 23.7 Å². The van der Waals surface area contributed by atoms with Crippen LogP contribution in [0.25, 0.3) is 0 Å². The smallest absolute Gasteiger partial charge is 0.334 e. The third kappa shape index (κ3) is 5.55. The molecule has 2 aromatic rings. The SMILES string of the molecule is CCC(C)[C@H]1C(=O)N(Cc2ccc(OC)cc2)C[C@H]2N1C(=O)CN(C)N2C(=O)NCc1ccc(OC)cc1. The van der Waals surface area contributed by atoms with E-state index in [0.29, 0.717) is 13.1 Å². The molecule has 1 N–H and O–H groups in total. The Morgan fingerprint density at radius 3 is 2.13 bits per heavy atom. The average molecular weight is 524 g/mol. The Labute approximate surface area is 224 Å². The number of likely N-dealkylation sites (N-methyl/N-ethyl adjacent to an activating group) is 1. The number of benzene rings is 2. The fourth-order valence-electron chi connectivity index (χ4n) is 5.09. The molecule has 0 aliphatic carbocycles. The van der Waals surface area contributed by atoms with Gasteiger partial charge in [-0.05, 0) is 41.3 Å². The van der Waals surface area contributed by atoms with Crippen LogP contribution < -0.4 is 14.8 Å². The number of nitrogens with zero attached hydrogens (tertiary/aromatic N) is 4. The van der Waals surface area contributed by atoms with Gasteiger partial charge in [-0.3, -0.25) is 9.59 Å². The molecule has 10 nitrogen and oxygen atoms in total. The molecule has 4 rings (SSSR count). The highest BCUT2D eigenvalue weighted by Gasteiger charge is 2.51. The molecule has 0 radical (unpaired) electrons. The lowest BCUT2D eigenvalue weighted by Gasteiger charge is -2.55. The van der Waals surface area contributed by atoms with Crippen LogP contribution in [-0.2, 0) is 22.7 Å². The Morgan fingerprint density at radius 2 is 1.58 bits per heavy atom. The number of hydrazine groups is 1. The van der Waals surface area contributed by atoms with Crippen LogP contribution in [0.2, 0.25) is 0 Å². The second-order valence-electron chi connectivity index (χ2n) is 9.85. The quantitative estimate of drug-likeness (QED) is 0.572. The maximum absolute atomic E-state index is 13.7. The second kappa shape index (κ2) is 11.7. The molecule has 0 spiro atoms. The molecule has 2 aliphatic rings. The molecule has 3 atom stereocenters. The van der Waals surface area contributed by atoms with Gasteiger partial charge in [-0.2, -0.15) is 0 Å². The average Bonchev–Trinajstić information content (AvgIpc) is 2.93. The van der Waals surface area contributed by atoms with Crippen molar-refractivity contribution in [3.05, 3.63) is 59.7 Å². The molecule has 1 unspecified atom stereocenters. The predicted molar refractivity (Wildman–Crippen MR) is 142 cm³/mol. The molecular formula is C28H37N5O5. The zero-order valence-electron chi connectivity index (χ0n) is 22.7. The van der Waals surface area contributed by atoms with Crippen molar-refractivity contribution >= 4 is 17.8 Å². The summed E-state index contributed by atoms with van der Waals surface area (Å²) in [7, 11) is 4.94. The molecule has 2 aliphatic heterocycles. The Kier molecular flexibility index (Phi) is 8.41. The third-order valence-corrected chi connectivity index (χ3v) is 7.40. The summed E-state index contributed by atoms with van der Waals surface area (Å²) in [5, 5.41) is 6.20. The van der Waals surface area contributed by atoms with Gasteiger partial charge in [0.15, 0.2) is 0 Å². The van der Waals surface area contributed by atoms with Crippen LogP contribution in [0.15, 0.2) is 48.5 Å². The van der Waals surface area contributed by atoms with E-state index in [1.54, 1.807) is 41.1 Å². The number of ether oxygens (including phenoxy) is 2. The first-order valence-corrected chi connectivity index (χ1v) is 12.9. The molecule has 4 amide bonds. The van der Waals surface area contributed by atoms with Crippen molar-refractivity contribution in [3.8, 4) is 11.5 Å². The Hall–Kier alpha value is -3.79. The minimum Gasteiger partial charge on any atom is -0.497 e. The normalized spacial score (nSPS) is 20.7. The van der Waals surface area contributed by atoms with Crippen molar-refractivity contribution in [2.45, 2.75) is 45.6 Å². The topological polar surface area (TPSA) is 94.7 Å². The maximum atomic E-state index is 13.7. The number of fused-ring (bicyclic) bond motifs is 1. The van der Waals surface area contributed by atoms with E-state index in [-0.39, 0.29) is 36.9 Å². The van der Waals surface area contributed by atoms with Gasteiger partial charge in [0, 0.05) is 20.1 Å². The molecule has 204 valence electrons. The number of amides is 4. The van der Waals surface area contributed by atoms with Crippen LogP contribution >= 0.6 is 0 Å². The molecule has 0 saturated carbocycles. The summed E-state index contributed by atoms with van der Waals surface area (Å²) in [6.07, 6.45) is 0.107. The first kappa shape index (κ1) is 27.3. The van der Waals surface area contributed by atoms with Crippen LogP contribution in [0.3, 0.4) is 0 Å². The lowest BCUT2D eigenvalue weighted by atomic mass is 9.92. The molecular weight excluding hydrogens is 486 g/mol. The van der Waals surface area contributed by atoms with Crippen molar-refractivity contribution in [3.63, 3.8) is 0 Å². The van der Waals surface area contributed by atoms with Crippen LogP contribution in [0.4, 0.5) is 4.79 Å². The summed E-state index contributed by atoms with van der Waals surface area (Å²) in [4.78, 5) is 43.9. The molecule has 0 bridgehead atoms. The number of hydrogen-bond acceptors (Lipinski definition) is 6. The number of hydrogen-bond donors (Lipinski definition) is 1. The molecule has 0 aromatic heterocycles. The van der Waals surface area contributed by atoms with Gasteiger partial charge in [0.2, 0.25) is 11.8 Å². The van der Waals surface area contributed by atoms with Gasteiger partial charge in [0.25, 0.3) is 0 Å². The van der Waals surface area contributed by atoms with E-state index >= 15 is 0 Å². The molecule has 2 fully saturated rings. The number of methoxy groups -OCH3 is 2. The highest BCUT2D eigenvalue weighted by atomic mass is 16.5. The van der Waals surface area contributed by atoms with E-state index in [0.717, 1.165) is 29.0 Å². The fourth-order valence-corrected chi connectivity index (χ4v) is 5.09. The van der Waals surface area contributed by atoms with Crippen molar-refractivity contribution in [1.29, 1.82) is 0 Å². The molecule has 10 heteroatoms. The minimum absolute atomic E-state index is 0.0190. The van der Waals surface area contributed by atoms with E-state index < -0.39 is 12.2 Å². The van der Waals surface area contributed by atoms with Crippen molar-refractivity contribution in [2.24, 2.45) is 5.92 Å². The summed E-state index contributed by atoms with van der Waals surface area (Å²) in [5.41, 5.74) is 1.87. The van der Waals surface area contributed by atoms with E-state index in [9.17, 15) is 14.4 Å². The zero-order valence-corrected chi connectivity index (χ0v) is 22.7. The van der Waals surface area contributed by atoms with Crippen LogP contribution in [-0.4, -0.2) is 84.2 Å². The van der Waals surface area contributed by atoms with Crippen LogP contribution in [0.1, 0.15) is 31.4 Å². The summed E-state index contributed by atoms with van der Waals surface area (Å²) >= 11 is 0. The fraction of sp³-hybridized carbons (Fsp3) is 0.464. The number of nitrogens with one attached hydrogen (secondary N) is 1. The van der Waals surface area contributed by atoms with Crippen molar-refractivity contribution in [2.75, 3.05) is 34.4 Å². The summed E-state index contributed by atoms with van der Waals surface area (Å²) in [6, 6.07) is 14.1. The zero-order chi connectivity index (χ0) is 27.4. The third-order valence-electron chi connectivity index (χ3n) is 7.40. The van der Waals surface area contributed by atoms with E-state index in [1.165, 1.54) is 0 Å². The lowest BCUT2D eigenvalue weighted by molar-refractivity contribution is -0.190. The molecule has 38 heavy (non-hydrogen) atoms. The number of piperazine rings is 1. The van der Waals surface area contributed by atoms with Gasteiger partial charge < -0.3 is 24.6 Å². The van der Waals surface area contributed by atoms with Gasteiger partial charge in [0.05, 0.1) is 27.3 Å². The Bertz CT molecular complexity index is 1140. The van der Waals surface area contributed by atoms with E-state index in [2.05, 4.69) is 5.32 Å². The van der Waals surface area contributed by atoms with E-state index in [1.807, 2.05) is 62.4 Å². The van der Waals surface area contributed by atoms with Crippen LogP contribution in [0, 0.1) is 5.92 Å². The Morgan fingerprint density at radius 1 is 1.00 bits per heavy atom. The summed E-state index contributed by atoms with van der Waals surface area (Å²) in [5.74, 6) is 1.16. The standard InChI is InChI=1S/C28H37N5O5/c1-6-19(2)26-27(35)31(16-21-9-13-23(38-5)14-10-21)17-24-32(26)25(34)18-30(3)33(24)28(36)29-15-20-7-11-22(37-4)12-8-20/h7-14,19,24,26H,6,15-18H2,1-5H3,(H,29,36)/t19?,24-,26-/m0/s1. The van der Waals surface area contributed by atoms with Gasteiger partial charge in [-0.15, -0.1) is 0 Å². The van der Waals surface area contributed by atoms with Crippen molar-refractivity contribution < 1.29 is 23.9 Å². The monoisotopic (exact) mass is 523 g/mol. The van der Waals surface area contributed by atoms with Crippen LogP contribution in [0.5, 0.6) is 11.5 Å². The van der Waals surface area contributed by atoms with E-state index in [4.69, 9.17) is 9.47 Å². The highest BCUT2D eigenvalue weighted by molar-refractivity contribution is 5.91.